The fraction of sp³-hybridized carbons (Fsp3) is 0.385. The van der Waals surface area contributed by atoms with Crippen molar-refractivity contribution in [2.75, 3.05) is 12.4 Å². The Morgan fingerprint density at radius 3 is 2.36 bits per heavy atom. The molecule has 1 aromatic rings. The van der Waals surface area contributed by atoms with Crippen LogP contribution in [0.3, 0.4) is 0 Å². The van der Waals surface area contributed by atoms with E-state index < -0.39 is 20.3 Å². The van der Waals surface area contributed by atoms with Gasteiger partial charge in [-0.3, -0.25) is 10.1 Å². The van der Waals surface area contributed by atoms with Gasteiger partial charge in [-0.15, -0.1) is 0 Å². The summed E-state index contributed by atoms with van der Waals surface area (Å²) in [6.45, 7) is 4.36. The minimum atomic E-state index is -3.40. The minimum absolute atomic E-state index is 0.0788. The molecule has 0 bridgehead atoms. The lowest BCUT2D eigenvalue weighted by Gasteiger charge is -2.09. The average Bonchev–Trinajstić information content (AvgIpc) is 2.46. The van der Waals surface area contributed by atoms with Crippen molar-refractivity contribution in [2.45, 2.75) is 26.7 Å². The van der Waals surface area contributed by atoms with Gasteiger partial charge < -0.3 is 14.7 Å². The molecule has 0 aliphatic heterocycles. The molecule has 1 unspecified atom stereocenters. The van der Waals surface area contributed by atoms with E-state index in [0.717, 1.165) is 0 Å². The van der Waals surface area contributed by atoms with Gasteiger partial charge in [0.2, 0.25) is 0 Å². The third kappa shape index (κ3) is 8.02. The monoisotopic (exact) mass is 350 g/mol. The standard InChI is InChI=1S/C9H10ClN2O5P.C4H10/c1-11-8(13)6-3-2-5(10)4-7(6)12-9(14)17-18(15)16;1-3-4-2/h2-4,18H,1H3,(H,11,13)(H,12,14)(H,15,16);3-4H2,1-2H3. The predicted octanol–water partition coefficient (Wildman–Crippen LogP) is 3.44. The van der Waals surface area contributed by atoms with Gasteiger partial charge in [0.15, 0.2) is 0 Å². The van der Waals surface area contributed by atoms with Crippen LogP contribution in [0, 0.1) is 0 Å². The minimum Gasteiger partial charge on any atom is -0.377 e. The molecule has 0 saturated heterocycles. The third-order valence-electron chi connectivity index (χ3n) is 2.37. The maximum Gasteiger partial charge on any atom is 0.418 e. The first-order chi connectivity index (χ1) is 10.3. The van der Waals surface area contributed by atoms with Crippen LogP contribution in [0.1, 0.15) is 37.0 Å². The molecule has 0 spiro atoms. The molecule has 1 rings (SSSR count). The summed E-state index contributed by atoms with van der Waals surface area (Å²) in [6.07, 6.45) is 1.49. The number of anilines is 1. The summed E-state index contributed by atoms with van der Waals surface area (Å²) < 4.78 is 14.4. The van der Waals surface area contributed by atoms with Gasteiger partial charge in [0, 0.05) is 12.1 Å². The zero-order valence-corrected chi connectivity index (χ0v) is 14.4. The number of carbonyl (C=O) groups is 2. The van der Waals surface area contributed by atoms with Gasteiger partial charge >= 0.3 is 14.3 Å². The second kappa shape index (κ2) is 11.1. The largest absolute Gasteiger partial charge is 0.418 e. The first kappa shape index (κ1) is 20.4. The van der Waals surface area contributed by atoms with E-state index in [9.17, 15) is 14.2 Å². The van der Waals surface area contributed by atoms with Crippen LogP contribution in [0.15, 0.2) is 18.2 Å². The van der Waals surface area contributed by atoms with Gasteiger partial charge in [0.25, 0.3) is 5.91 Å². The van der Waals surface area contributed by atoms with Gasteiger partial charge in [-0.25, -0.2) is 9.36 Å². The van der Waals surface area contributed by atoms with Crippen molar-refractivity contribution in [3.8, 4) is 0 Å². The van der Waals surface area contributed by atoms with E-state index >= 15 is 0 Å². The number of rotatable bonds is 4. The molecule has 0 fully saturated rings. The molecule has 7 nitrogen and oxygen atoms in total. The Labute approximate surface area is 135 Å². The van der Waals surface area contributed by atoms with Crippen molar-refractivity contribution < 1.29 is 23.6 Å². The smallest absolute Gasteiger partial charge is 0.377 e. The van der Waals surface area contributed by atoms with E-state index in [1.165, 1.54) is 38.1 Å². The Bertz CT molecular complexity index is 537. The fourth-order valence-corrected chi connectivity index (χ4v) is 1.55. The number of carbonyl (C=O) groups excluding carboxylic acids is 2. The fourth-order valence-electron chi connectivity index (χ4n) is 1.17. The zero-order chi connectivity index (χ0) is 17.1. The SMILES string of the molecule is CCCC.CNC(=O)c1ccc(Cl)cc1NC(=O)O[PH](=O)O. The van der Waals surface area contributed by atoms with Gasteiger partial charge in [-0.2, -0.15) is 0 Å². The number of unbranched alkanes of at least 4 members (excludes halogenated alkanes) is 1. The summed E-state index contributed by atoms with van der Waals surface area (Å²) in [5.74, 6) is -0.446. The molecule has 1 aromatic carbocycles. The summed E-state index contributed by atoms with van der Waals surface area (Å²) in [6, 6.07) is 4.19. The van der Waals surface area contributed by atoms with E-state index in [-0.39, 0.29) is 16.3 Å². The molecule has 0 aliphatic rings. The second-order valence-corrected chi connectivity index (χ2v) is 5.22. The van der Waals surface area contributed by atoms with Crippen LogP contribution in [-0.2, 0) is 9.09 Å². The van der Waals surface area contributed by atoms with Crippen LogP contribution in [0.5, 0.6) is 0 Å². The Hall–Kier alpha value is -1.56. The van der Waals surface area contributed by atoms with Crippen molar-refractivity contribution in [3.05, 3.63) is 28.8 Å². The molecule has 0 aliphatic carbocycles. The molecule has 3 N–H and O–H groups in total. The molecule has 0 radical (unpaired) electrons. The van der Waals surface area contributed by atoms with E-state index in [1.54, 1.807) is 0 Å². The maximum atomic E-state index is 11.5. The highest BCUT2D eigenvalue weighted by Gasteiger charge is 2.14. The second-order valence-electron chi connectivity index (χ2n) is 4.05. The van der Waals surface area contributed by atoms with Gasteiger partial charge in [-0.1, -0.05) is 38.3 Å². The van der Waals surface area contributed by atoms with Crippen molar-refractivity contribution in [1.82, 2.24) is 5.32 Å². The Kier molecular flexibility index (Phi) is 10.3. The Morgan fingerprint density at radius 1 is 1.32 bits per heavy atom. The van der Waals surface area contributed by atoms with E-state index in [2.05, 4.69) is 29.0 Å². The molecule has 9 heteroatoms. The van der Waals surface area contributed by atoms with Crippen LogP contribution in [0.4, 0.5) is 10.5 Å². The summed E-state index contributed by atoms with van der Waals surface area (Å²) in [5.41, 5.74) is 0.228. The normalized spacial score (nSPS) is 10.8. The lowest BCUT2D eigenvalue weighted by atomic mass is 10.1. The molecule has 22 heavy (non-hydrogen) atoms. The highest BCUT2D eigenvalue weighted by Crippen LogP contribution is 2.23. The molecular formula is C13H20ClN2O5P. The topological polar surface area (TPSA) is 105 Å². The first-order valence-electron chi connectivity index (χ1n) is 6.59. The lowest BCUT2D eigenvalue weighted by molar-refractivity contribution is 0.0964. The first-order valence-corrected chi connectivity index (χ1v) is 8.23. The van der Waals surface area contributed by atoms with E-state index in [4.69, 9.17) is 16.5 Å². The van der Waals surface area contributed by atoms with E-state index in [0.29, 0.717) is 0 Å². The number of nitrogens with one attached hydrogen (secondary N) is 2. The number of hydrogen-bond acceptors (Lipinski definition) is 4. The summed E-state index contributed by atoms with van der Waals surface area (Å²) in [7, 11) is -1.97. The molecular weight excluding hydrogens is 331 g/mol. The quantitative estimate of drug-likeness (QED) is 0.721. The maximum absolute atomic E-state index is 11.5. The van der Waals surface area contributed by atoms with Crippen LogP contribution >= 0.6 is 19.9 Å². The third-order valence-corrected chi connectivity index (χ3v) is 2.97. The lowest BCUT2D eigenvalue weighted by Crippen LogP contribution is -2.21. The zero-order valence-electron chi connectivity index (χ0n) is 12.6. The Morgan fingerprint density at radius 2 is 1.91 bits per heavy atom. The molecule has 0 aromatic heterocycles. The summed E-state index contributed by atoms with van der Waals surface area (Å²) in [5, 5.41) is 4.82. The van der Waals surface area contributed by atoms with Crippen molar-refractivity contribution in [1.29, 1.82) is 0 Å². The van der Waals surface area contributed by atoms with Gasteiger partial charge in [0.1, 0.15) is 0 Å². The molecule has 1 atom stereocenters. The van der Waals surface area contributed by atoms with Gasteiger partial charge in [0.05, 0.1) is 11.3 Å². The van der Waals surface area contributed by atoms with Crippen LogP contribution < -0.4 is 10.6 Å². The van der Waals surface area contributed by atoms with Crippen LogP contribution in [0.2, 0.25) is 5.02 Å². The highest BCUT2D eigenvalue weighted by molar-refractivity contribution is 7.32. The van der Waals surface area contributed by atoms with Crippen molar-refractivity contribution in [3.63, 3.8) is 0 Å². The molecule has 124 valence electrons. The summed E-state index contributed by atoms with van der Waals surface area (Å²) in [4.78, 5) is 31.1. The van der Waals surface area contributed by atoms with Crippen molar-refractivity contribution in [2.24, 2.45) is 0 Å². The molecule has 0 saturated carbocycles. The number of halogens is 1. The predicted molar refractivity (Wildman–Crippen MR) is 86.7 cm³/mol. The number of amides is 2. The Balaban J connectivity index is 0.000000980. The summed E-state index contributed by atoms with van der Waals surface area (Å²) >= 11 is 5.73. The van der Waals surface area contributed by atoms with Gasteiger partial charge in [-0.05, 0) is 18.2 Å². The molecule has 0 heterocycles. The van der Waals surface area contributed by atoms with Crippen LogP contribution in [0.25, 0.3) is 0 Å². The average molecular weight is 351 g/mol. The number of hydrogen-bond donors (Lipinski definition) is 3. The van der Waals surface area contributed by atoms with E-state index in [1.807, 2.05) is 0 Å². The molecule has 2 amide bonds. The highest BCUT2D eigenvalue weighted by atomic mass is 35.5. The van der Waals surface area contributed by atoms with Crippen molar-refractivity contribution >= 4 is 37.5 Å². The van der Waals surface area contributed by atoms with Crippen LogP contribution in [-0.4, -0.2) is 23.9 Å². The number of benzene rings is 1.